The Morgan fingerprint density at radius 2 is 2.14 bits per heavy atom. The molecule has 6 heteroatoms. The first-order chi connectivity index (χ1) is 10.6. The molecule has 1 aliphatic carbocycles. The Balaban J connectivity index is 1.64. The Morgan fingerprint density at radius 1 is 1.41 bits per heavy atom. The molecule has 0 radical (unpaired) electrons. The van der Waals surface area contributed by atoms with Gasteiger partial charge in [-0.05, 0) is 25.7 Å². The highest BCUT2D eigenvalue weighted by molar-refractivity contribution is 5.89. The van der Waals surface area contributed by atoms with E-state index in [1.807, 2.05) is 37.3 Å². The van der Waals surface area contributed by atoms with Gasteiger partial charge >= 0.3 is 6.03 Å². The Hall–Kier alpha value is -2.34. The number of hydrogen-bond acceptors (Lipinski definition) is 4. The molecule has 0 saturated heterocycles. The van der Waals surface area contributed by atoms with E-state index in [1.165, 1.54) is 0 Å². The Morgan fingerprint density at radius 3 is 2.77 bits per heavy atom. The van der Waals surface area contributed by atoms with Gasteiger partial charge in [0.05, 0.1) is 12.1 Å². The van der Waals surface area contributed by atoms with Crippen LogP contribution in [0.5, 0.6) is 0 Å². The number of nitrogens with one attached hydrogen (secondary N) is 2. The lowest BCUT2D eigenvalue weighted by atomic mass is 9.97. The minimum Gasteiger partial charge on any atom is -0.394 e. The number of nitrogens with zero attached hydrogens (tertiary/aromatic N) is 1. The topological polar surface area (TPSA) is 87.4 Å². The number of urea groups is 1. The van der Waals surface area contributed by atoms with Gasteiger partial charge in [-0.15, -0.1) is 0 Å². The third kappa shape index (κ3) is 3.12. The predicted molar refractivity (Wildman–Crippen MR) is 82.3 cm³/mol. The van der Waals surface area contributed by atoms with Crippen molar-refractivity contribution in [1.29, 1.82) is 0 Å². The van der Waals surface area contributed by atoms with Crippen LogP contribution in [0.3, 0.4) is 0 Å². The molecular formula is C16H19N3O3. The van der Waals surface area contributed by atoms with Crippen LogP contribution in [0, 0.1) is 5.92 Å². The van der Waals surface area contributed by atoms with E-state index in [-0.39, 0.29) is 6.61 Å². The average Bonchev–Trinajstić information content (AvgIpc) is 3.29. The quantitative estimate of drug-likeness (QED) is 0.792. The van der Waals surface area contributed by atoms with Crippen LogP contribution in [0.2, 0.25) is 0 Å². The zero-order valence-corrected chi connectivity index (χ0v) is 12.4. The summed E-state index contributed by atoms with van der Waals surface area (Å²) in [6.45, 7) is 1.77. The molecule has 22 heavy (non-hydrogen) atoms. The molecule has 0 bridgehead atoms. The maximum Gasteiger partial charge on any atom is 0.321 e. The lowest BCUT2D eigenvalue weighted by Crippen LogP contribution is -2.52. The van der Waals surface area contributed by atoms with E-state index in [0.717, 1.165) is 18.4 Å². The van der Waals surface area contributed by atoms with Gasteiger partial charge in [-0.1, -0.05) is 35.5 Å². The van der Waals surface area contributed by atoms with Crippen molar-refractivity contribution < 1.29 is 14.4 Å². The van der Waals surface area contributed by atoms with E-state index in [1.54, 1.807) is 6.07 Å². The minimum absolute atomic E-state index is 0.0842. The highest BCUT2D eigenvalue weighted by atomic mass is 16.5. The molecular weight excluding hydrogens is 282 g/mol. The van der Waals surface area contributed by atoms with Gasteiger partial charge in [-0.2, -0.15) is 0 Å². The van der Waals surface area contributed by atoms with Crippen LogP contribution in [-0.4, -0.2) is 28.4 Å². The third-order valence-electron chi connectivity index (χ3n) is 4.02. The SMILES string of the molecule is CC(CO)(NC(=O)Nc1cc(-c2ccccc2)on1)C1CC1. The van der Waals surface area contributed by atoms with Crippen LogP contribution < -0.4 is 10.6 Å². The highest BCUT2D eigenvalue weighted by Crippen LogP contribution is 2.39. The number of aliphatic hydroxyl groups excluding tert-OH is 1. The fourth-order valence-corrected chi connectivity index (χ4v) is 2.47. The number of rotatable bonds is 5. The molecule has 2 aromatic rings. The molecule has 1 heterocycles. The fourth-order valence-electron chi connectivity index (χ4n) is 2.47. The van der Waals surface area contributed by atoms with Gasteiger partial charge in [-0.25, -0.2) is 4.79 Å². The fraction of sp³-hybridized carbons (Fsp3) is 0.375. The second kappa shape index (κ2) is 5.81. The number of amides is 2. The first-order valence-corrected chi connectivity index (χ1v) is 7.33. The molecule has 0 aliphatic heterocycles. The second-order valence-corrected chi connectivity index (χ2v) is 5.87. The number of anilines is 1. The summed E-state index contributed by atoms with van der Waals surface area (Å²) in [5.41, 5.74) is 0.303. The maximum atomic E-state index is 12.0. The number of benzene rings is 1. The van der Waals surface area contributed by atoms with Crippen LogP contribution in [0.1, 0.15) is 19.8 Å². The molecule has 3 N–H and O–H groups in total. The summed E-state index contributed by atoms with van der Waals surface area (Å²) in [5, 5.41) is 18.8. The van der Waals surface area contributed by atoms with Gasteiger partial charge < -0.3 is 14.9 Å². The van der Waals surface area contributed by atoms with Crippen molar-refractivity contribution >= 4 is 11.8 Å². The van der Waals surface area contributed by atoms with Gasteiger partial charge in [0.2, 0.25) is 0 Å². The first-order valence-electron chi connectivity index (χ1n) is 7.33. The molecule has 1 aromatic carbocycles. The zero-order chi connectivity index (χ0) is 15.6. The van der Waals surface area contributed by atoms with Crippen LogP contribution >= 0.6 is 0 Å². The summed E-state index contributed by atoms with van der Waals surface area (Å²) in [4.78, 5) is 12.0. The summed E-state index contributed by atoms with van der Waals surface area (Å²) in [5.74, 6) is 1.26. The van der Waals surface area contributed by atoms with Crippen molar-refractivity contribution in [2.75, 3.05) is 11.9 Å². The van der Waals surface area contributed by atoms with Crippen molar-refractivity contribution in [3.8, 4) is 11.3 Å². The van der Waals surface area contributed by atoms with Crippen molar-refractivity contribution in [1.82, 2.24) is 10.5 Å². The van der Waals surface area contributed by atoms with Crippen molar-refractivity contribution in [3.63, 3.8) is 0 Å². The average molecular weight is 301 g/mol. The number of aliphatic hydroxyl groups is 1. The highest BCUT2D eigenvalue weighted by Gasteiger charge is 2.42. The summed E-state index contributed by atoms with van der Waals surface area (Å²) < 4.78 is 5.23. The van der Waals surface area contributed by atoms with Crippen molar-refractivity contribution in [2.24, 2.45) is 5.92 Å². The van der Waals surface area contributed by atoms with Crippen molar-refractivity contribution in [3.05, 3.63) is 36.4 Å². The maximum absolute atomic E-state index is 12.0. The largest absolute Gasteiger partial charge is 0.394 e. The predicted octanol–water partition coefficient (Wildman–Crippen LogP) is 2.62. The van der Waals surface area contributed by atoms with Crippen LogP contribution in [0.25, 0.3) is 11.3 Å². The number of aromatic nitrogens is 1. The molecule has 1 fully saturated rings. The van der Waals surface area contributed by atoms with E-state index >= 15 is 0 Å². The summed E-state index contributed by atoms with van der Waals surface area (Å²) in [6, 6.07) is 10.8. The molecule has 0 spiro atoms. The number of hydrogen-bond donors (Lipinski definition) is 3. The molecule has 3 rings (SSSR count). The molecule has 6 nitrogen and oxygen atoms in total. The molecule has 1 aromatic heterocycles. The summed E-state index contributed by atoms with van der Waals surface area (Å²) >= 11 is 0. The molecule has 2 amide bonds. The number of carbonyl (C=O) groups is 1. The Kier molecular flexibility index (Phi) is 3.85. The third-order valence-corrected chi connectivity index (χ3v) is 4.02. The Bertz CT molecular complexity index is 652. The lowest BCUT2D eigenvalue weighted by Gasteiger charge is -2.28. The van der Waals surface area contributed by atoms with E-state index in [2.05, 4.69) is 15.8 Å². The van der Waals surface area contributed by atoms with Gasteiger partial charge in [0.15, 0.2) is 11.6 Å². The van der Waals surface area contributed by atoms with Gasteiger partial charge in [0.1, 0.15) is 0 Å². The molecule has 116 valence electrons. The summed E-state index contributed by atoms with van der Waals surface area (Å²) in [7, 11) is 0. The van der Waals surface area contributed by atoms with E-state index < -0.39 is 11.6 Å². The van der Waals surface area contributed by atoms with E-state index in [0.29, 0.717) is 17.5 Å². The minimum atomic E-state index is -0.587. The molecule has 1 unspecified atom stereocenters. The van der Waals surface area contributed by atoms with Crippen LogP contribution in [-0.2, 0) is 0 Å². The van der Waals surface area contributed by atoms with Gasteiger partial charge in [0, 0.05) is 11.6 Å². The summed E-state index contributed by atoms with van der Waals surface area (Å²) in [6.07, 6.45) is 2.05. The zero-order valence-electron chi connectivity index (χ0n) is 12.4. The Labute approximate surface area is 128 Å². The molecule has 1 saturated carbocycles. The standard InChI is InChI=1S/C16H19N3O3/c1-16(10-20,12-7-8-12)18-15(21)17-14-9-13(22-19-14)11-5-3-2-4-6-11/h2-6,9,12,20H,7-8,10H2,1H3,(H2,17,18,19,21). The molecule has 1 atom stereocenters. The van der Waals surface area contributed by atoms with E-state index in [9.17, 15) is 9.90 Å². The van der Waals surface area contributed by atoms with Gasteiger partial charge in [-0.3, -0.25) is 5.32 Å². The van der Waals surface area contributed by atoms with E-state index in [4.69, 9.17) is 4.52 Å². The second-order valence-electron chi connectivity index (χ2n) is 5.87. The van der Waals surface area contributed by atoms with Crippen LogP contribution in [0.4, 0.5) is 10.6 Å². The number of carbonyl (C=O) groups excluding carboxylic acids is 1. The smallest absolute Gasteiger partial charge is 0.321 e. The molecule has 1 aliphatic rings. The lowest BCUT2D eigenvalue weighted by molar-refractivity contribution is 0.159. The monoisotopic (exact) mass is 301 g/mol. The normalized spacial score (nSPS) is 16.8. The van der Waals surface area contributed by atoms with Crippen molar-refractivity contribution in [2.45, 2.75) is 25.3 Å². The van der Waals surface area contributed by atoms with Gasteiger partial charge in [0.25, 0.3) is 0 Å². The first kappa shape index (κ1) is 14.6. The van der Waals surface area contributed by atoms with Crippen LogP contribution in [0.15, 0.2) is 40.9 Å².